The van der Waals surface area contributed by atoms with E-state index in [1.165, 1.54) is 16.7 Å². The summed E-state index contributed by atoms with van der Waals surface area (Å²) in [7, 11) is -3.21. The molecule has 0 aromatic carbocycles. The Morgan fingerprint density at radius 3 is 2.67 bits per heavy atom. The fourth-order valence-electron chi connectivity index (χ4n) is 1.77. The number of nitrogens with zero attached hydrogens (tertiary/aromatic N) is 3. The summed E-state index contributed by atoms with van der Waals surface area (Å²) in [5.74, 6) is 0. The van der Waals surface area contributed by atoms with Crippen molar-refractivity contribution in [3.63, 3.8) is 0 Å². The maximum absolute atomic E-state index is 11.4. The van der Waals surface area contributed by atoms with Crippen LogP contribution in [0.1, 0.15) is 13.3 Å². The van der Waals surface area contributed by atoms with Crippen LogP contribution < -0.4 is 5.32 Å². The van der Waals surface area contributed by atoms with Gasteiger partial charge in [-0.3, -0.25) is 15.1 Å². The van der Waals surface area contributed by atoms with Gasteiger partial charge in [-0.1, -0.05) is 6.92 Å². The second-order valence-corrected chi connectivity index (χ2v) is 7.14. The van der Waals surface area contributed by atoms with Crippen LogP contribution >= 0.6 is 15.9 Å². The molecule has 1 aromatic rings. The zero-order valence-corrected chi connectivity index (χ0v) is 14.1. The van der Waals surface area contributed by atoms with Crippen molar-refractivity contribution in [2.45, 2.75) is 13.3 Å². The van der Waals surface area contributed by atoms with Gasteiger partial charge in [0.25, 0.3) is 0 Å². The highest BCUT2D eigenvalue weighted by atomic mass is 79.9. The van der Waals surface area contributed by atoms with Crippen LogP contribution in [0, 0.1) is 10.1 Å². The summed E-state index contributed by atoms with van der Waals surface area (Å²) in [4.78, 5) is 14.1. The quantitative estimate of drug-likeness (QED) is 0.419. The molecule has 118 valence electrons. The van der Waals surface area contributed by atoms with Gasteiger partial charge < -0.3 is 5.32 Å². The molecule has 1 heterocycles. The monoisotopic (exact) mass is 380 g/mol. The number of aromatic nitrogens is 1. The first kappa shape index (κ1) is 17.8. The minimum absolute atomic E-state index is 0.125. The van der Waals surface area contributed by atoms with Gasteiger partial charge in [0.05, 0.1) is 15.7 Å². The van der Waals surface area contributed by atoms with Crippen LogP contribution in [0.3, 0.4) is 0 Å². The molecular weight excluding hydrogens is 364 g/mol. The molecule has 0 aliphatic heterocycles. The summed E-state index contributed by atoms with van der Waals surface area (Å²) >= 11 is 3.21. The average Bonchev–Trinajstić information content (AvgIpc) is 2.38. The van der Waals surface area contributed by atoms with Crippen LogP contribution in [-0.2, 0) is 10.0 Å². The van der Waals surface area contributed by atoms with Crippen LogP contribution in [0.2, 0.25) is 0 Å². The first-order valence-corrected chi connectivity index (χ1v) is 8.88. The number of halogens is 1. The van der Waals surface area contributed by atoms with Crippen molar-refractivity contribution in [2.24, 2.45) is 0 Å². The molecule has 0 aliphatic carbocycles. The Morgan fingerprint density at radius 2 is 2.14 bits per heavy atom. The summed E-state index contributed by atoms with van der Waals surface area (Å²) in [6.07, 6.45) is 4.33. The molecule has 1 aromatic heterocycles. The summed E-state index contributed by atoms with van der Waals surface area (Å²) in [5.41, 5.74) is 0.220. The van der Waals surface area contributed by atoms with E-state index < -0.39 is 14.9 Å². The largest absolute Gasteiger partial charge is 0.378 e. The lowest BCUT2D eigenvalue weighted by atomic mass is 10.3. The van der Waals surface area contributed by atoms with Gasteiger partial charge in [-0.05, 0) is 22.4 Å². The normalized spacial score (nSPS) is 11.6. The van der Waals surface area contributed by atoms with Gasteiger partial charge in [0.2, 0.25) is 10.0 Å². The zero-order chi connectivity index (χ0) is 16.0. The first-order chi connectivity index (χ1) is 9.77. The number of sulfonamides is 1. The molecule has 0 saturated heterocycles. The minimum Gasteiger partial charge on any atom is -0.378 e. The third kappa shape index (κ3) is 5.21. The molecule has 0 amide bonds. The van der Waals surface area contributed by atoms with Crippen LogP contribution in [0.15, 0.2) is 16.9 Å². The zero-order valence-electron chi connectivity index (χ0n) is 11.7. The molecule has 21 heavy (non-hydrogen) atoms. The summed E-state index contributed by atoms with van der Waals surface area (Å²) < 4.78 is 24.7. The van der Waals surface area contributed by atoms with Gasteiger partial charge in [-0.2, -0.15) is 0 Å². The lowest BCUT2D eigenvalue weighted by Crippen LogP contribution is -2.31. The lowest BCUT2D eigenvalue weighted by Gasteiger charge is -2.17. The molecule has 0 fully saturated rings. The Morgan fingerprint density at radius 1 is 1.48 bits per heavy atom. The fraction of sp³-hybridized carbons (Fsp3) is 0.545. The van der Waals surface area contributed by atoms with Crippen LogP contribution in [0.5, 0.6) is 0 Å². The first-order valence-electron chi connectivity index (χ1n) is 6.24. The highest BCUT2D eigenvalue weighted by molar-refractivity contribution is 9.10. The second kappa shape index (κ2) is 7.66. The van der Waals surface area contributed by atoms with Crippen molar-refractivity contribution < 1.29 is 13.3 Å². The summed E-state index contributed by atoms with van der Waals surface area (Å²) in [5, 5.41) is 13.9. The third-order valence-corrected chi connectivity index (χ3v) is 4.76. The van der Waals surface area contributed by atoms with Gasteiger partial charge >= 0.3 is 5.69 Å². The van der Waals surface area contributed by atoms with Crippen molar-refractivity contribution in [3.05, 3.63) is 27.0 Å². The molecule has 10 heteroatoms. The SMILES string of the molecule is CCN(CCCNc1c(Br)cncc1[N+](=O)[O-])S(C)(=O)=O. The number of nitro groups is 1. The van der Waals surface area contributed by atoms with Crippen molar-refractivity contribution >= 4 is 37.3 Å². The fourth-order valence-corrected chi connectivity index (χ4v) is 3.16. The van der Waals surface area contributed by atoms with Crippen molar-refractivity contribution in [1.82, 2.24) is 9.29 Å². The third-order valence-electron chi connectivity index (χ3n) is 2.78. The number of rotatable bonds is 8. The average molecular weight is 381 g/mol. The maximum atomic E-state index is 11.4. The molecule has 0 atom stereocenters. The molecule has 0 unspecified atom stereocenters. The van der Waals surface area contributed by atoms with E-state index in [1.54, 1.807) is 6.92 Å². The standard InChI is InChI=1S/C11H17BrN4O4S/c1-3-15(21(2,19)20)6-4-5-14-11-9(12)7-13-8-10(11)16(17)18/h7-8H,3-6H2,1-2H3,(H,13,14). The van der Waals surface area contributed by atoms with Crippen molar-refractivity contribution in [3.8, 4) is 0 Å². The smallest absolute Gasteiger partial charge is 0.311 e. The Hall–Kier alpha value is -1.26. The Bertz CT molecular complexity index is 608. The Balaban J connectivity index is 2.63. The number of pyridine rings is 1. The van der Waals surface area contributed by atoms with Gasteiger partial charge in [-0.25, -0.2) is 12.7 Å². The number of anilines is 1. The summed E-state index contributed by atoms with van der Waals surface area (Å²) in [6.45, 7) is 2.94. The van der Waals surface area contributed by atoms with Crippen LogP contribution in [0.25, 0.3) is 0 Å². The Kier molecular flexibility index (Phi) is 6.49. The molecule has 0 aliphatic rings. The van der Waals surface area contributed by atoms with E-state index in [0.717, 1.165) is 6.26 Å². The predicted molar refractivity (Wildman–Crippen MR) is 83.8 cm³/mol. The molecule has 1 N–H and O–H groups in total. The second-order valence-electron chi connectivity index (χ2n) is 4.31. The highest BCUT2D eigenvalue weighted by Crippen LogP contribution is 2.30. The minimum atomic E-state index is -3.21. The lowest BCUT2D eigenvalue weighted by molar-refractivity contribution is -0.384. The number of nitrogens with one attached hydrogen (secondary N) is 1. The van der Waals surface area contributed by atoms with E-state index in [4.69, 9.17) is 0 Å². The van der Waals surface area contributed by atoms with E-state index in [-0.39, 0.29) is 5.69 Å². The van der Waals surface area contributed by atoms with Crippen molar-refractivity contribution in [2.75, 3.05) is 31.2 Å². The van der Waals surface area contributed by atoms with Crippen molar-refractivity contribution in [1.29, 1.82) is 0 Å². The van der Waals surface area contributed by atoms with Gasteiger partial charge in [0.15, 0.2) is 0 Å². The van der Waals surface area contributed by atoms with Gasteiger partial charge in [0, 0.05) is 25.8 Å². The molecule has 0 radical (unpaired) electrons. The summed E-state index contributed by atoms with van der Waals surface area (Å²) in [6, 6.07) is 0. The van der Waals surface area contributed by atoms with Crippen LogP contribution in [0.4, 0.5) is 11.4 Å². The van der Waals surface area contributed by atoms with Gasteiger partial charge in [0.1, 0.15) is 11.9 Å². The molecule has 1 rings (SSSR count). The van der Waals surface area contributed by atoms with E-state index in [1.807, 2.05) is 0 Å². The molecule has 0 spiro atoms. The van der Waals surface area contributed by atoms with Gasteiger partial charge in [-0.15, -0.1) is 0 Å². The van der Waals surface area contributed by atoms with E-state index in [2.05, 4.69) is 26.2 Å². The molecule has 8 nitrogen and oxygen atoms in total. The number of hydrogen-bond donors (Lipinski definition) is 1. The molecular formula is C11H17BrN4O4S. The number of hydrogen-bond acceptors (Lipinski definition) is 6. The molecule has 0 saturated carbocycles. The molecule has 0 bridgehead atoms. The van der Waals surface area contributed by atoms with E-state index in [9.17, 15) is 18.5 Å². The van der Waals surface area contributed by atoms with Crippen LogP contribution in [-0.4, -0.2) is 48.5 Å². The topological polar surface area (TPSA) is 105 Å². The Labute approximate surface area is 131 Å². The van der Waals surface area contributed by atoms with E-state index >= 15 is 0 Å². The predicted octanol–water partition coefficient (Wildman–Crippen LogP) is 1.84. The highest BCUT2D eigenvalue weighted by Gasteiger charge is 2.17. The maximum Gasteiger partial charge on any atom is 0.311 e. The van der Waals surface area contributed by atoms with E-state index in [0.29, 0.717) is 36.2 Å².